The number of allylic oxidation sites excluding steroid dienone is 2. The van der Waals surface area contributed by atoms with Crippen LogP contribution in [0.3, 0.4) is 0 Å². The molecule has 0 spiro atoms. The molecule has 4 aliphatic rings. The zero-order valence-corrected chi connectivity index (χ0v) is 17.5. The van der Waals surface area contributed by atoms with Crippen LogP contribution in [0.4, 0.5) is 0 Å². The molecule has 2 N–H and O–H groups in total. The highest BCUT2D eigenvalue weighted by molar-refractivity contribution is 5.95. The fourth-order valence-electron chi connectivity index (χ4n) is 7.81. The molecule has 5 nitrogen and oxygen atoms in total. The van der Waals surface area contributed by atoms with Crippen LogP contribution in [0, 0.1) is 34.5 Å². The Labute approximate surface area is 167 Å². The first-order valence-corrected chi connectivity index (χ1v) is 10.8. The van der Waals surface area contributed by atoms with E-state index in [0.717, 1.165) is 37.7 Å². The van der Waals surface area contributed by atoms with E-state index < -0.39 is 24.3 Å². The van der Waals surface area contributed by atoms with Crippen molar-refractivity contribution in [1.82, 2.24) is 0 Å². The van der Waals surface area contributed by atoms with Crippen molar-refractivity contribution in [3.05, 3.63) is 11.6 Å². The summed E-state index contributed by atoms with van der Waals surface area (Å²) in [5.74, 6) is 1.28. The predicted molar refractivity (Wildman–Crippen MR) is 104 cm³/mol. The monoisotopic (exact) mass is 390 g/mol. The van der Waals surface area contributed by atoms with E-state index in [0.29, 0.717) is 24.2 Å². The van der Waals surface area contributed by atoms with Crippen molar-refractivity contribution in [2.75, 3.05) is 0 Å². The third kappa shape index (κ3) is 2.72. The standard InChI is InChI=1S/C23H34O5/c1-12(24)15-7-8-16-14-5-6-18-21(28-13(2)25)20(27)19(26)11-23(18,4)17(14)9-10-22(15,16)3/h7,14,16-21,26-27H,5-6,8-11H2,1-4H3/t14-,16-,17-,18-,19+,20-,21-,22-,23-/m1/s1. The number of carbonyl (C=O) groups is 2. The smallest absolute Gasteiger partial charge is 0.303 e. The summed E-state index contributed by atoms with van der Waals surface area (Å²) in [7, 11) is 0. The maximum atomic E-state index is 12.2. The highest BCUT2D eigenvalue weighted by atomic mass is 16.6. The molecule has 0 unspecified atom stereocenters. The summed E-state index contributed by atoms with van der Waals surface area (Å²) in [5.41, 5.74) is 0.820. The number of aliphatic hydroxyl groups is 2. The predicted octanol–water partition coefficient (Wildman–Crippen LogP) is 3.03. The first kappa shape index (κ1) is 20.1. The molecule has 0 aliphatic heterocycles. The number of hydrogen-bond donors (Lipinski definition) is 2. The van der Waals surface area contributed by atoms with E-state index in [1.54, 1.807) is 6.92 Å². The van der Waals surface area contributed by atoms with Crippen LogP contribution < -0.4 is 0 Å². The summed E-state index contributed by atoms with van der Waals surface area (Å²) in [6, 6.07) is 0. The van der Waals surface area contributed by atoms with Gasteiger partial charge in [0.1, 0.15) is 12.2 Å². The number of rotatable bonds is 2. The van der Waals surface area contributed by atoms with Gasteiger partial charge in [-0.25, -0.2) is 0 Å². The van der Waals surface area contributed by atoms with Crippen molar-refractivity contribution >= 4 is 11.8 Å². The number of hydrogen-bond acceptors (Lipinski definition) is 5. The molecule has 0 aromatic rings. The highest BCUT2D eigenvalue weighted by Gasteiger charge is 2.62. The molecular weight excluding hydrogens is 356 g/mol. The van der Waals surface area contributed by atoms with Crippen LogP contribution in [-0.4, -0.2) is 40.3 Å². The molecule has 0 aromatic heterocycles. The molecule has 0 saturated heterocycles. The molecule has 0 heterocycles. The van der Waals surface area contributed by atoms with Crippen molar-refractivity contribution in [3.8, 4) is 0 Å². The second-order valence-corrected chi connectivity index (χ2v) is 10.3. The Morgan fingerprint density at radius 3 is 2.43 bits per heavy atom. The third-order valence-corrected chi connectivity index (χ3v) is 8.98. The van der Waals surface area contributed by atoms with Crippen LogP contribution in [0.5, 0.6) is 0 Å². The van der Waals surface area contributed by atoms with E-state index >= 15 is 0 Å². The molecule has 0 radical (unpaired) electrons. The summed E-state index contributed by atoms with van der Waals surface area (Å²) in [6.07, 6.45) is 5.11. The lowest BCUT2D eigenvalue weighted by molar-refractivity contribution is -0.218. The Morgan fingerprint density at radius 2 is 1.79 bits per heavy atom. The van der Waals surface area contributed by atoms with Gasteiger partial charge in [-0.1, -0.05) is 19.9 Å². The van der Waals surface area contributed by atoms with Gasteiger partial charge in [-0.3, -0.25) is 9.59 Å². The SMILES string of the molecule is CC(=O)O[C@H]1[C@H](O)[C@@H](O)C[C@]2(C)[C@@H]3CC[C@]4(C)C(C(C)=O)=CC[C@@H]4[C@H]3CC[C@H]12. The van der Waals surface area contributed by atoms with E-state index in [9.17, 15) is 19.8 Å². The maximum Gasteiger partial charge on any atom is 0.303 e. The molecule has 0 amide bonds. The molecular formula is C23H34O5. The molecule has 9 atom stereocenters. The van der Waals surface area contributed by atoms with Crippen molar-refractivity contribution < 1.29 is 24.5 Å². The molecule has 3 fully saturated rings. The van der Waals surface area contributed by atoms with Crippen LogP contribution in [0.1, 0.15) is 66.2 Å². The lowest BCUT2D eigenvalue weighted by Gasteiger charge is -2.62. The number of aliphatic hydroxyl groups excluding tert-OH is 2. The molecule has 4 aliphatic carbocycles. The number of carbonyl (C=O) groups excluding carboxylic acids is 2. The van der Waals surface area contributed by atoms with Crippen LogP contribution in [-0.2, 0) is 14.3 Å². The molecule has 0 bridgehead atoms. The molecule has 5 heteroatoms. The zero-order chi connectivity index (χ0) is 20.4. The largest absolute Gasteiger partial charge is 0.459 e. The molecule has 3 saturated carbocycles. The van der Waals surface area contributed by atoms with Gasteiger partial charge in [-0.2, -0.15) is 0 Å². The van der Waals surface area contributed by atoms with Gasteiger partial charge in [0.05, 0.1) is 6.10 Å². The summed E-state index contributed by atoms with van der Waals surface area (Å²) in [6.45, 7) is 7.56. The van der Waals surface area contributed by atoms with E-state index in [1.807, 2.05) is 0 Å². The fraction of sp³-hybridized carbons (Fsp3) is 0.826. The number of Topliss-reactive ketones (excluding diaryl/α,β-unsaturated/α-hetero) is 1. The lowest BCUT2D eigenvalue weighted by Crippen LogP contribution is -2.62. The van der Waals surface area contributed by atoms with Crippen LogP contribution in [0.25, 0.3) is 0 Å². The summed E-state index contributed by atoms with van der Waals surface area (Å²) < 4.78 is 5.54. The third-order valence-electron chi connectivity index (χ3n) is 8.98. The number of fused-ring (bicyclic) bond motifs is 5. The average Bonchev–Trinajstić information content (AvgIpc) is 2.96. The molecule has 28 heavy (non-hydrogen) atoms. The average molecular weight is 391 g/mol. The maximum absolute atomic E-state index is 12.2. The number of ketones is 1. The first-order chi connectivity index (χ1) is 13.1. The van der Waals surface area contributed by atoms with Crippen molar-refractivity contribution in [3.63, 3.8) is 0 Å². The topological polar surface area (TPSA) is 83.8 Å². The Morgan fingerprint density at radius 1 is 1.07 bits per heavy atom. The Hall–Kier alpha value is -1.20. The van der Waals surface area contributed by atoms with Crippen molar-refractivity contribution in [2.45, 2.75) is 84.5 Å². The van der Waals surface area contributed by atoms with Crippen molar-refractivity contribution in [2.24, 2.45) is 34.5 Å². The zero-order valence-electron chi connectivity index (χ0n) is 17.5. The first-order valence-electron chi connectivity index (χ1n) is 10.8. The van der Waals surface area contributed by atoms with Gasteiger partial charge < -0.3 is 14.9 Å². The molecule has 156 valence electrons. The lowest BCUT2D eigenvalue weighted by atomic mass is 9.44. The van der Waals surface area contributed by atoms with E-state index in [-0.39, 0.29) is 22.5 Å². The van der Waals surface area contributed by atoms with Gasteiger partial charge >= 0.3 is 5.97 Å². The van der Waals surface area contributed by atoms with Crippen molar-refractivity contribution in [1.29, 1.82) is 0 Å². The van der Waals surface area contributed by atoms with E-state index in [2.05, 4.69) is 19.9 Å². The summed E-state index contributed by atoms with van der Waals surface area (Å²) in [4.78, 5) is 23.9. The molecule has 0 aromatic carbocycles. The second-order valence-electron chi connectivity index (χ2n) is 10.3. The van der Waals surface area contributed by atoms with Crippen LogP contribution in [0.2, 0.25) is 0 Å². The van der Waals surface area contributed by atoms with Gasteiger partial charge in [0.15, 0.2) is 5.78 Å². The Bertz CT molecular complexity index is 714. The minimum atomic E-state index is -1.01. The summed E-state index contributed by atoms with van der Waals surface area (Å²) in [5, 5.41) is 21.2. The van der Waals surface area contributed by atoms with Gasteiger partial charge in [-0.05, 0) is 79.6 Å². The second kappa shape index (κ2) is 6.66. The van der Waals surface area contributed by atoms with E-state index in [4.69, 9.17) is 4.74 Å². The number of esters is 1. The van der Waals surface area contributed by atoms with Crippen LogP contribution >= 0.6 is 0 Å². The highest BCUT2D eigenvalue weighted by Crippen LogP contribution is 2.66. The minimum absolute atomic E-state index is 0.0295. The fourth-order valence-corrected chi connectivity index (χ4v) is 7.81. The van der Waals surface area contributed by atoms with Gasteiger partial charge in [-0.15, -0.1) is 0 Å². The number of ether oxygens (including phenoxy) is 1. The normalized spacial score (nSPS) is 50.1. The summed E-state index contributed by atoms with van der Waals surface area (Å²) >= 11 is 0. The van der Waals surface area contributed by atoms with Gasteiger partial charge in [0.25, 0.3) is 0 Å². The van der Waals surface area contributed by atoms with E-state index in [1.165, 1.54) is 6.92 Å². The van der Waals surface area contributed by atoms with Crippen LogP contribution in [0.15, 0.2) is 11.6 Å². The molecule has 4 rings (SSSR count). The Kier molecular flexibility index (Phi) is 4.78. The Balaban J connectivity index is 1.65. The van der Waals surface area contributed by atoms with Gasteiger partial charge in [0.2, 0.25) is 0 Å². The minimum Gasteiger partial charge on any atom is -0.459 e. The quantitative estimate of drug-likeness (QED) is 0.708. The van der Waals surface area contributed by atoms with Gasteiger partial charge in [0, 0.05) is 12.8 Å².